The van der Waals surface area contributed by atoms with Gasteiger partial charge in [-0.3, -0.25) is 0 Å². The highest BCUT2D eigenvalue weighted by molar-refractivity contribution is 7.89. The molecule has 1 saturated carbocycles. The van der Waals surface area contributed by atoms with Gasteiger partial charge in [-0.1, -0.05) is 6.42 Å². The Balaban J connectivity index is 1.82. The van der Waals surface area contributed by atoms with Crippen molar-refractivity contribution in [2.45, 2.75) is 50.9 Å². The second kappa shape index (κ2) is 5.22. The molecular formula is C11H21NO4S. The Morgan fingerprint density at radius 1 is 1.29 bits per heavy atom. The van der Waals surface area contributed by atoms with Crippen molar-refractivity contribution in [1.29, 1.82) is 0 Å². The predicted molar refractivity (Wildman–Crippen MR) is 64.1 cm³/mol. The van der Waals surface area contributed by atoms with Gasteiger partial charge < -0.3 is 9.47 Å². The molecule has 0 amide bonds. The number of ether oxygens (including phenoxy) is 2. The van der Waals surface area contributed by atoms with Crippen molar-refractivity contribution in [3.05, 3.63) is 0 Å². The van der Waals surface area contributed by atoms with Crippen molar-refractivity contribution in [3.63, 3.8) is 0 Å². The third kappa shape index (κ3) is 3.40. The molecule has 0 aromatic heterocycles. The Labute approximate surface area is 103 Å². The second-order valence-electron chi connectivity index (χ2n) is 4.77. The monoisotopic (exact) mass is 263 g/mol. The average Bonchev–Trinajstić information content (AvgIpc) is 2.71. The maximum Gasteiger partial charge on any atom is 0.211 e. The van der Waals surface area contributed by atoms with Gasteiger partial charge in [0, 0.05) is 19.4 Å². The first kappa shape index (κ1) is 13.3. The van der Waals surface area contributed by atoms with E-state index in [0.717, 1.165) is 25.7 Å². The molecule has 17 heavy (non-hydrogen) atoms. The van der Waals surface area contributed by atoms with Crippen LogP contribution in [0.3, 0.4) is 0 Å². The molecule has 1 heterocycles. The Hall–Kier alpha value is -0.170. The van der Waals surface area contributed by atoms with Gasteiger partial charge in [-0.25, -0.2) is 13.1 Å². The molecule has 2 fully saturated rings. The van der Waals surface area contributed by atoms with E-state index in [9.17, 15) is 8.42 Å². The topological polar surface area (TPSA) is 64.6 Å². The van der Waals surface area contributed by atoms with Gasteiger partial charge in [0.1, 0.15) is 0 Å². The molecule has 1 N–H and O–H groups in total. The van der Waals surface area contributed by atoms with E-state index in [1.807, 2.05) is 0 Å². The van der Waals surface area contributed by atoms with Crippen LogP contribution in [0.4, 0.5) is 0 Å². The van der Waals surface area contributed by atoms with Gasteiger partial charge in [0.2, 0.25) is 10.0 Å². The van der Waals surface area contributed by atoms with Gasteiger partial charge in [-0.05, 0) is 19.8 Å². The van der Waals surface area contributed by atoms with Crippen LogP contribution in [0.15, 0.2) is 0 Å². The van der Waals surface area contributed by atoms with E-state index in [1.54, 1.807) is 6.92 Å². The summed E-state index contributed by atoms with van der Waals surface area (Å²) in [5.41, 5.74) is 0. The molecule has 1 aliphatic heterocycles. The zero-order valence-corrected chi connectivity index (χ0v) is 11.1. The average molecular weight is 263 g/mol. The number of rotatable bonds is 4. The van der Waals surface area contributed by atoms with Crippen molar-refractivity contribution >= 4 is 10.0 Å². The van der Waals surface area contributed by atoms with Gasteiger partial charge in [0.15, 0.2) is 5.79 Å². The van der Waals surface area contributed by atoms with E-state index in [0.29, 0.717) is 13.2 Å². The molecule has 0 aromatic carbocycles. The first-order chi connectivity index (χ1) is 8.05. The van der Waals surface area contributed by atoms with Crippen LogP contribution in [0.1, 0.15) is 39.0 Å². The minimum absolute atomic E-state index is 0.103. The molecule has 1 saturated heterocycles. The quantitative estimate of drug-likeness (QED) is 0.822. The molecule has 6 heteroatoms. The lowest BCUT2D eigenvalue weighted by atomic mass is 9.94. The fraction of sp³-hybridized carbons (Fsp3) is 1.00. The van der Waals surface area contributed by atoms with Gasteiger partial charge in [0.25, 0.3) is 0 Å². The van der Waals surface area contributed by atoms with E-state index >= 15 is 0 Å². The number of sulfonamides is 1. The fourth-order valence-electron chi connectivity index (χ4n) is 2.39. The van der Waals surface area contributed by atoms with Crippen LogP contribution < -0.4 is 4.72 Å². The Morgan fingerprint density at radius 3 is 2.65 bits per heavy atom. The molecule has 1 spiro atoms. The Bertz CT molecular complexity index is 348. The molecule has 0 unspecified atom stereocenters. The summed E-state index contributed by atoms with van der Waals surface area (Å²) in [6.07, 6.45) is 5.23. The van der Waals surface area contributed by atoms with Gasteiger partial charge in [0.05, 0.1) is 18.5 Å². The lowest BCUT2D eigenvalue weighted by molar-refractivity contribution is -0.186. The SMILES string of the molecule is CCS(=O)(=O)NC[C@@H]1COC2(CCCCC2)O1. The number of hydrogen-bond donors (Lipinski definition) is 1. The maximum atomic E-state index is 11.3. The third-order valence-corrected chi connectivity index (χ3v) is 4.81. The summed E-state index contributed by atoms with van der Waals surface area (Å²) in [5, 5.41) is 0. The molecule has 100 valence electrons. The van der Waals surface area contributed by atoms with Crippen LogP contribution >= 0.6 is 0 Å². The Morgan fingerprint density at radius 2 is 2.00 bits per heavy atom. The van der Waals surface area contributed by atoms with E-state index in [-0.39, 0.29) is 11.9 Å². The minimum Gasteiger partial charge on any atom is -0.347 e. The highest BCUT2D eigenvalue weighted by Gasteiger charge is 2.42. The molecule has 1 atom stereocenters. The first-order valence-electron chi connectivity index (χ1n) is 6.34. The van der Waals surface area contributed by atoms with Crippen molar-refractivity contribution in [2.24, 2.45) is 0 Å². The van der Waals surface area contributed by atoms with Crippen LogP contribution in [-0.4, -0.2) is 39.2 Å². The molecule has 2 rings (SSSR count). The Kier molecular flexibility index (Phi) is 4.07. The highest BCUT2D eigenvalue weighted by atomic mass is 32.2. The summed E-state index contributed by atoms with van der Waals surface area (Å²) in [6.45, 7) is 2.43. The summed E-state index contributed by atoms with van der Waals surface area (Å²) in [5.74, 6) is -0.313. The molecular weight excluding hydrogens is 242 g/mol. The smallest absolute Gasteiger partial charge is 0.211 e. The van der Waals surface area contributed by atoms with Crippen LogP contribution in [0.25, 0.3) is 0 Å². The lowest BCUT2D eigenvalue weighted by Gasteiger charge is -2.31. The third-order valence-electron chi connectivity index (χ3n) is 3.44. The molecule has 1 aliphatic carbocycles. The van der Waals surface area contributed by atoms with Crippen molar-refractivity contribution < 1.29 is 17.9 Å². The first-order valence-corrected chi connectivity index (χ1v) is 8.00. The molecule has 2 aliphatic rings. The number of hydrogen-bond acceptors (Lipinski definition) is 4. The number of nitrogens with one attached hydrogen (secondary N) is 1. The largest absolute Gasteiger partial charge is 0.347 e. The van der Waals surface area contributed by atoms with Gasteiger partial charge >= 0.3 is 0 Å². The van der Waals surface area contributed by atoms with Crippen molar-refractivity contribution in [2.75, 3.05) is 18.9 Å². The summed E-state index contributed by atoms with van der Waals surface area (Å²) in [6, 6.07) is 0. The van der Waals surface area contributed by atoms with Gasteiger partial charge in [-0.2, -0.15) is 0 Å². The van der Waals surface area contributed by atoms with E-state index in [4.69, 9.17) is 9.47 Å². The fourth-order valence-corrected chi connectivity index (χ4v) is 3.04. The molecule has 0 radical (unpaired) electrons. The van der Waals surface area contributed by atoms with Crippen LogP contribution in [0.5, 0.6) is 0 Å². The minimum atomic E-state index is -3.13. The zero-order chi connectivity index (χ0) is 12.4. The van der Waals surface area contributed by atoms with E-state index in [2.05, 4.69) is 4.72 Å². The highest BCUT2D eigenvalue weighted by Crippen LogP contribution is 2.37. The van der Waals surface area contributed by atoms with Gasteiger partial charge in [-0.15, -0.1) is 0 Å². The lowest BCUT2D eigenvalue weighted by Crippen LogP contribution is -2.37. The summed E-state index contributed by atoms with van der Waals surface area (Å²) < 4.78 is 36.8. The van der Waals surface area contributed by atoms with Crippen LogP contribution in [0, 0.1) is 0 Å². The predicted octanol–water partition coefficient (Wildman–Crippen LogP) is 1.00. The van der Waals surface area contributed by atoms with Crippen LogP contribution in [0.2, 0.25) is 0 Å². The zero-order valence-electron chi connectivity index (χ0n) is 10.3. The second-order valence-corrected chi connectivity index (χ2v) is 6.87. The molecule has 0 bridgehead atoms. The standard InChI is InChI=1S/C11H21NO4S/c1-2-17(13,14)12-8-10-9-15-11(16-10)6-4-3-5-7-11/h10,12H,2-9H2,1H3/t10-/m1/s1. The molecule has 5 nitrogen and oxygen atoms in total. The van der Waals surface area contributed by atoms with Crippen LogP contribution in [-0.2, 0) is 19.5 Å². The summed E-state index contributed by atoms with van der Waals surface area (Å²) in [7, 11) is -3.13. The molecule has 0 aromatic rings. The van der Waals surface area contributed by atoms with Crippen molar-refractivity contribution in [1.82, 2.24) is 4.72 Å². The normalized spacial score (nSPS) is 28.6. The maximum absolute atomic E-state index is 11.3. The van der Waals surface area contributed by atoms with E-state index in [1.165, 1.54) is 6.42 Å². The van der Waals surface area contributed by atoms with E-state index < -0.39 is 15.8 Å². The summed E-state index contributed by atoms with van der Waals surface area (Å²) in [4.78, 5) is 0. The summed E-state index contributed by atoms with van der Waals surface area (Å²) >= 11 is 0. The van der Waals surface area contributed by atoms with Crippen molar-refractivity contribution in [3.8, 4) is 0 Å².